The molecule has 4 aliphatic rings. The summed E-state index contributed by atoms with van der Waals surface area (Å²) in [6, 6.07) is 2.62. The summed E-state index contributed by atoms with van der Waals surface area (Å²) in [5.41, 5.74) is 0.453. The average molecular weight is 362 g/mol. The molecule has 0 aromatic heterocycles. The van der Waals surface area contributed by atoms with Crippen LogP contribution >= 0.6 is 0 Å². The van der Waals surface area contributed by atoms with Crippen molar-refractivity contribution >= 4 is 0 Å². The fourth-order valence-corrected chi connectivity index (χ4v) is 7.84. The van der Waals surface area contributed by atoms with Crippen molar-refractivity contribution in [3.63, 3.8) is 0 Å². The molecule has 4 nitrogen and oxygen atoms in total. The highest BCUT2D eigenvalue weighted by Crippen LogP contribution is 2.67. The summed E-state index contributed by atoms with van der Waals surface area (Å²) in [6.07, 6.45) is 8.46. The monoisotopic (exact) mass is 361 g/mol. The zero-order chi connectivity index (χ0) is 18.5. The highest BCUT2D eigenvalue weighted by atomic mass is 16.5. The Morgan fingerprint density at radius 1 is 1.08 bits per heavy atom. The lowest BCUT2D eigenvalue weighted by molar-refractivity contribution is -0.172. The van der Waals surface area contributed by atoms with Gasteiger partial charge in [0.15, 0.2) is 0 Å². The van der Waals surface area contributed by atoms with Gasteiger partial charge in [0.05, 0.1) is 37.4 Å². The summed E-state index contributed by atoms with van der Waals surface area (Å²) in [4.78, 5) is 0. The van der Waals surface area contributed by atoms with Crippen LogP contribution in [0.1, 0.15) is 65.2 Å². The van der Waals surface area contributed by atoms with Gasteiger partial charge in [0.1, 0.15) is 0 Å². The van der Waals surface area contributed by atoms with Gasteiger partial charge in [0, 0.05) is 0 Å². The minimum absolute atomic E-state index is 0.0192. The molecule has 0 spiro atoms. The summed E-state index contributed by atoms with van der Waals surface area (Å²) in [5.74, 6) is 2.97. The fraction of sp³-hybridized carbons (Fsp3) is 0.955. The van der Waals surface area contributed by atoms with Crippen molar-refractivity contribution in [2.75, 3.05) is 13.2 Å². The van der Waals surface area contributed by atoms with Crippen LogP contribution in [0.3, 0.4) is 0 Å². The number of hydrogen-bond acceptors (Lipinski definition) is 4. The second-order valence-electron chi connectivity index (χ2n) is 10.1. The first-order valence-electron chi connectivity index (χ1n) is 10.7. The number of nitriles is 1. The van der Waals surface area contributed by atoms with Gasteiger partial charge in [0.2, 0.25) is 0 Å². The van der Waals surface area contributed by atoms with Crippen LogP contribution in [-0.2, 0) is 4.74 Å². The molecule has 4 rings (SSSR count). The molecule has 0 bridgehead atoms. The van der Waals surface area contributed by atoms with Crippen molar-refractivity contribution in [2.45, 2.75) is 77.4 Å². The lowest BCUT2D eigenvalue weighted by Gasteiger charge is -2.61. The van der Waals surface area contributed by atoms with Crippen LogP contribution < -0.4 is 0 Å². The molecule has 0 amide bonds. The molecule has 0 radical (unpaired) electrons. The second kappa shape index (κ2) is 6.76. The van der Waals surface area contributed by atoms with Crippen LogP contribution in [0, 0.1) is 51.8 Å². The van der Waals surface area contributed by atoms with Crippen molar-refractivity contribution in [2.24, 2.45) is 40.4 Å². The Balaban J connectivity index is 1.57. The molecule has 146 valence electrons. The van der Waals surface area contributed by atoms with E-state index in [1.807, 2.05) is 0 Å². The van der Waals surface area contributed by atoms with E-state index in [9.17, 15) is 10.4 Å². The number of hydrogen-bond donors (Lipinski definition) is 2. The van der Waals surface area contributed by atoms with Crippen molar-refractivity contribution in [3.8, 4) is 6.07 Å². The largest absolute Gasteiger partial charge is 0.394 e. The molecule has 0 aromatic rings. The van der Waals surface area contributed by atoms with Crippen LogP contribution in [0.4, 0.5) is 0 Å². The Kier molecular flexibility index (Phi) is 4.87. The maximum absolute atomic E-state index is 10.6. The molecule has 0 aliphatic heterocycles. The van der Waals surface area contributed by atoms with E-state index in [0.717, 1.165) is 25.2 Å². The van der Waals surface area contributed by atoms with Gasteiger partial charge in [-0.15, -0.1) is 0 Å². The molecule has 4 heteroatoms. The molecular weight excluding hydrogens is 326 g/mol. The topological polar surface area (TPSA) is 73.5 Å². The number of aliphatic hydroxyl groups is 2. The van der Waals surface area contributed by atoms with Crippen LogP contribution in [-0.4, -0.2) is 35.6 Å². The Morgan fingerprint density at radius 3 is 2.58 bits per heavy atom. The van der Waals surface area contributed by atoms with E-state index >= 15 is 0 Å². The van der Waals surface area contributed by atoms with Crippen molar-refractivity contribution in [3.05, 3.63) is 0 Å². The number of ether oxygens (including phenoxy) is 1. The predicted octanol–water partition coefficient (Wildman–Crippen LogP) is 3.52. The quantitative estimate of drug-likeness (QED) is 0.807. The predicted molar refractivity (Wildman–Crippen MR) is 99.0 cm³/mol. The standard InChI is InChI=1S/C22H35NO3/c1-21-8-7-18-16(17(21)6-4-15(21)13-23)5-3-14-11-19(25)20(26-10-9-24)12-22(14,18)2/h14-20,24-25H,3-12H2,1-2H3/t14-,15+,16-,17-,18-,19-,20-,21+,22-/m0/s1. The van der Waals surface area contributed by atoms with E-state index in [2.05, 4.69) is 19.9 Å². The molecule has 0 aromatic carbocycles. The van der Waals surface area contributed by atoms with E-state index in [-0.39, 0.29) is 35.6 Å². The molecule has 0 saturated heterocycles. The smallest absolute Gasteiger partial charge is 0.0840 e. The van der Waals surface area contributed by atoms with Gasteiger partial charge in [0.25, 0.3) is 0 Å². The van der Waals surface area contributed by atoms with Gasteiger partial charge in [-0.2, -0.15) is 5.26 Å². The van der Waals surface area contributed by atoms with Crippen molar-refractivity contribution < 1.29 is 14.9 Å². The summed E-state index contributed by atoms with van der Waals surface area (Å²) in [6.45, 7) is 5.18. The highest BCUT2D eigenvalue weighted by Gasteiger charge is 2.61. The summed E-state index contributed by atoms with van der Waals surface area (Å²) >= 11 is 0. The summed E-state index contributed by atoms with van der Waals surface area (Å²) < 4.78 is 5.84. The molecule has 0 heterocycles. The van der Waals surface area contributed by atoms with Crippen LogP contribution in [0.2, 0.25) is 0 Å². The van der Waals surface area contributed by atoms with Crippen molar-refractivity contribution in [1.29, 1.82) is 5.26 Å². The lowest BCUT2D eigenvalue weighted by atomic mass is 9.44. The maximum Gasteiger partial charge on any atom is 0.0840 e. The molecule has 26 heavy (non-hydrogen) atoms. The van der Waals surface area contributed by atoms with Gasteiger partial charge in [-0.1, -0.05) is 13.8 Å². The van der Waals surface area contributed by atoms with E-state index in [4.69, 9.17) is 9.84 Å². The van der Waals surface area contributed by atoms with Crippen LogP contribution in [0.15, 0.2) is 0 Å². The Morgan fingerprint density at radius 2 is 1.85 bits per heavy atom. The Bertz CT molecular complexity index is 574. The van der Waals surface area contributed by atoms with E-state index < -0.39 is 0 Å². The van der Waals surface area contributed by atoms with Gasteiger partial charge in [-0.05, 0) is 85.9 Å². The molecule has 4 aliphatic carbocycles. The van der Waals surface area contributed by atoms with Crippen LogP contribution in [0.25, 0.3) is 0 Å². The Labute approximate surface area is 157 Å². The first-order valence-corrected chi connectivity index (χ1v) is 10.7. The van der Waals surface area contributed by atoms with E-state index in [1.165, 1.54) is 32.1 Å². The minimum Gasteiger partial charge on any atom is -0.394 e. The van der Waals surface area contributed by atoms with Crippen molar-refractivity contribution in [1.82, 2.24) is 0 Å². The summed E-state index contributed by atoms with van der Waals surface area (Å²) in [7, 11) is 0. The number of rotatable bonds is 3. The first kappa shape index (κ1) is 18.7. The summed E-state index contributed by atoms with van der Waals surface area (Å²) in [5, 5.41) is 29.3. The van der Waals surface area contributed by atoms with Gasteiger partial charge >= 0.3 is 0 Å². The molecule has 9 atom stereocenters. The second-order valence-corrected chi connectivity index (χ2v) is 10.1. The number of nitrogens with zero attached hydrogens (tertiary/aromatic N) is 1. The maximum atomic E-state index is 10.6. The molecular formula is C22H35NO3. The third-order valence-electron chi connectivity index (χ3n) is 9.24. The van der Waals surface area contributed by atoms with E-state index in [1.54, 1.807) is 0 Å². The minimum atomic E-state index is -0.389. The highest BCUT2D eigenvalue weighted by molar-refractivity contribution is 5.13. The third kappa shape index (κ3) is 2.65. The third-order valence-corrected chi connectivity index (χ3v) is 9.24. The van der Waals surface area contributed by atoms with Gasteiger partial charge < -0.3 is 14.9 Å². The van der Waals surface area contributed by atoms with Gasteiger partial charge in [-0.25, -0.2) is 0 Å². The zero-order valence-corrected chi connectivity index (χ0v) is 16.4. The zero-order valence-electron chi connectivity index (χ0n) is 16.4. The molecule has 2 N–H and O–H groups in total. The lowest BCUT2D eigenvalue weighted by Crippen LogP contribution is -2.57. The normalized spacial score (nSPS) is 53.3. The van der Waals surface area contributed by atoms with Gasteiger partial charge in [-0.3, -0.25) is 0 Å². The molecule has 4 fully saturated rings. The molecule has 0 unspecified atom stereocenters. The molecule has 4 saturated carbocycles. The SMILES string of the molecule is C[C@]12C[C@H](OCCO)[C@@H](O)C[C@@H]1CC[C@@H]1[C@@H]2CC[C@]2(C)[C@@H](C#N)CC[C@@H]12. The number of aliphatic hydroxyl groups excluding tert-OH is 2. The van der Waals surface area contributed by atoms with E-state index in [0.29, 0.717) is 24.4 Å². The Hall–Kier alpha value is -0.630. The number of fused-ring (bicyclic) bond motifs is 5. The average Bonchev–Trinajstić information content (AvgIpc) is 2.97. The first-order chi connectivity index (χ1) is 12.4. The fourth-order valence-electron chi connectivity index (χ4n) is 7.84. The van der Waals surface area contributed by atoms with Crippen LogP contribution in [0.5, 0.6) is 0 Å².